The van der Waals surface area contributed by atoms with Crippen LogP contribution in [0.1, 0.15) is 26.3 Å². The van der Waals surface area contributed by atoms with E-state index in [-0.39, 0.29) is 12.1 Å². The van der Waals surface area contributed by atoms with Crippen molar-refractivity contribution in [1.82, 2.24) is 5.32 Å². The van der Waals surface area contributed by atoms with Gasteiger partial charge in [0.15, 0.2) is 0 Å². The van der Waals surface area contributed by atoms with Gasteiger partial charge in [0.25, 0.3) is 0 Å². The minimum atomic E-state index is -0.689. The van der Waals surface area contributed by atoms with Crippen molar-refractivity contribution in [2.45, 2.75) is 43.9 Å². The zero-order valence-electron chi connectivity index (χ0n) is 11.6. The molecule has 0 saturated heterocycles. The Hall–Kier alpha value is -0.260. The molecule has 0 fully saturated rings. The van der Waals surface area contributed by atoms with E-state index in [4.69, 9.17) is 16.7 Å². The largest absolute Gasteiger partial charge is 0.394 e. The molecule has 3 nitrogen and oxygen atoms in total. The maximum Gasteiger partial charge on any atom is 0.0864 e. The molecule has 1 aromatic rings. The summed E-state index contributed by atoms with van der Waals surface area (Å²) in [5.41, 5.74) is 1.12. The maximum absolute atomic E-state index is 9.30. The van der Waals surface area contributed by atoms with Crippen LogP contribution in [0.5, 0.6) is 0 Å². The number of aliphatic hydroxyl groups excluding tert-OH is 2. The molecule has 0 aromatic heterocycles. The fourth-order valence-corrected chi connectivity index (χ4v) is 2.53. The monoisotopic (exact) mass is 303 g/mol. The van der Waals surface area contributed by atoms with Crippen LogP contribution in [0.3, 0.4) is 0 Å². The van der Waals surface area contributed by atoms with Gasteiger partial charge >= 0.3 is 0 Å². The number of nitrogens with one attached hydrogen (secondary N) is 1. The lowest BCUT2D eigenvalue weighted by molar-refractivity contribution is 0.113. The van der Waals surface area contributed by atoms with E-state index in [1.807, 2.05) is 18.2 Å². The summed E-state index contributed by atoms with van der Waals surface area (Å²) in [7, 11) is 0. The van der Waals surface area contributed by atoms with Gasteiger partial charge in [-0.15, -0.1) is 11.8 Å². The average Bonchev–Trinajstić information content (AvgIpc) is 2.33. The first-order valence-corrected chi connectivity index (χ1v) is 7.63. The van der Waals surface area contributed by atoms with Crippen molar-refractivity contribution in [2.75, 3.05) is 12.4 Å². The van der Waals surface area contributed by atoms with E-state index in [9.17, 15) is 5.11 Å². The number of hydrogen-bond donors (Lipinski definition) is 3. The third-order valence-electron chi connectivity index (χ3n) is 2.49. The summed E-state index contributed by atoms with van der Waals surface area (Å²) in [6.45, 7) is 6.85. The van der Waals surface area contributed by atoms with Crippen molar-refractivity contribution in [2.24, 2.45) is 0 Å². The minimum Gasteiger partial charge on any atom is -0.394 e. The molecule has 1 aromatic carbocycles. The maximum atomic E-state index is 9.30. The van der Waals surface area contributed by atoms with Crippen molar-refractivity contribution in [3.8, 4) is 0 Å². The second kappa shape index (κ2) is 7.50. The predicted molar refractivity (Wildman–Crippen MR) is 81.9 cm³/mol. The van der Waals surface area contributed by atoms with Crippen LogP contribution >= 0.6 is 23.4 Å². The minimum absolute atomic E-state index is 0.0575. The molecule has 0 heterocycles. The highest BCUT2D eigenvalue weighted by Crippen LogP contribution is 2.25. The summed E-state index contributed by atoms with van der Waals surface area (Å²) < 4.78 is 0. The van der Waals surface area contributed by atoms with Crippen LogP contribution in [0.25, 0.3) is 0 Å². The Labute approximate surface area is 124 Å². The van der Waals surface area contributed by atoms with Crippen LogP contribution in [0.4, 0.5) is 0 Å². The molecule has 0 amide bonds. The molecule has 0 aliphatic rings. The van der Waals surface area contributed by atoms with Crippen molar-refractivity contribution in [3.63, 3.8) is 0 Å². The number of hydrogen-bond acceptors (Lipinski definition) is 4. The molecule has 0 saturated carbocycles. The third kappa shape index (κ3) is 6.63. The Balaban J connectivity index is 2.59. The number of thioether (sulfide) groups is 1. The molecule has 0 aliphatic heterocycles. The molecule has 3 N–H and O–H groups in total. The Kier molecular flexibility index (Phi) is 6.63. The van der Waals surface area contributed by atoms with Gasteiger partial charge in [0.2, 0.25) is 0 Å². The summed E-state index contributed by atoms with van der Waals surface area (Å²) in [6, 6.07) is 5.88. The van der Waals surface area contributed by atoms with Gasteiger partial charge < -0.3 is 15.5 Å². The Bertz CT molecular complexity index is 407. The summed E-state index contributed by atoms with van der Waals surface area (Å²) in [6.07, 6.45) is -0.689. The Morgan fingerprint density at radius 1 is 1.37 bits per heavy atom. The van der Waals surface area contributed by atoms with Crippen molar-refractivity contribution in [1.29, 1.82) is 0 Å². The fraction of sp³-hybridized carbons (Fsp3) is 0.571. The van der Waals surface area contributed by atoms with E-state index in [0.29, 0.717) is 5.75 Å². The van der Waals surface area contributed by atoms with Gasteiger partial charge in [0, 0.05) is 27.8 Å². The smallest absolute Gasteiger partial charge is 0.0864 e. The van der Waals surface area contributed by atoms with Gasteiger partial charge in [-0.2, -0.15) is 0 Å². The summed E-state index contributed by atoms with van der Waals surface area (Å²) in [5, 5.41) is 22.2. The standard InChI is InChI=1S/C14H22ClNO2S/c1-14(2,3)16-7-10-4-5-12(6-13(10)15)19-9-11(18)8-17/h4-6,11,16-18H,7-9H2,1-3H3. The molecule has 0 spiro atoms. The molecule has 0 aliphatic carbocycles. The van der Waals surface area contributed by atoms with Gasteiger partial charge in [-0.1, -0.05) is 17.7 Å². The quantitative estimate of drug-likeness (QED) is 0.707. The highest BCUT2D eigenvalue weighted by molar-refractivity contribution is 7.99. The van der Waals surface area contributed by atoms with Crippen LogP contribution in [0.15, 0.2) is 23.1 Å². The molecule has 0 bridgehead atoms. The van der Waals surface area contributed by atoms with Crippen LogP contribution in [0, 0.1) is 0 Å². The molecule has 19 heavy (non-hydrogen) atoms. The van der Waals surface area contributed by atoms with Crippen LogP contribution < -0.4 is 5.32 Å². The highest BCUT2D eigenvalue weighted by Gasteiger charge is 2.10. The molecule has 0 radical (unpaired) electrons. The first kappa shape index (κ1) is 16.8. The van der Waals surface area contributed by atoms with E-state index < -0.39 is 6.10 Å². The third-order valence-corrected chi connectivity index (χ3v) is 3.98. The van der Waals surface area contributed by atoms with E-state index in [1.54, 1.807) is 0 Å². The van der Waals surface area contributed by atoms with Crippen LogP contribution in [-0.4, -0.2) is 34.2 Å². The van der Waals surface area contributed by atoms with Crippen molar-refractivity contribution >= 4 is 23.4 Å². The van der Waals surface area contributed by atoms with E-state index in [2.05, 4.69) is 26.1 Å². The van der Waals surface area contributed by atoms with Gasteiger partial charge in [0.05, 0.1) is 12.7 Å². The summed E-state index contributed by atoms with van der Waals surface area (Å²) in [5.74, 6) is 0.465. The van der Waals surface area contributed by atoms with Crippen LogP contribution in [0.2, 0.25) is 5.02 Å². The van der Waals surface area contributed by atoms with Crippen molar-refractivity contribution in [3.05, 3.63) is 28.8 Å². The summed E-state index contributed by atoms with van der Waals surface area (Å²) >= 11 is 7.73. The average molecular weight is 304 g/mol. The van der Waals surface area contributed by atoms with Crippen LogP contribution in [-0.2, 0) is 6.54 Å². The zero-order valence-corrected chi connectivity index (χ0v) is 13.2. The van der Waals surface area contributed by atoms with E-state index in [0.717, 1.165) is 22.0 Å². The second-order valence-corrected chi connectivity index (χ2v) is 7.00. The zero-order chi connectivity index (χ0) is 14.5. The molecule has 1 unspecified atom stereocenters. The highest BCUT2D eigenvalue weighted by atomic mass is 35.5. The first-order valence-electron chi connectivity index (χ1n) is 6.27. The lowest BCUT2D eigenvalue weighted by Crippen LogP contribution is -2.35. The molecular formula is C14H22ClNO2S. The van der Waals surface area contributed by atoms with Gasteiger partial charge in [-0.05, 0) is 38.5 Å². The van der Waals surface area contributed by atoms with Gasteiger partial charge in [0.1, 0.15) is 0 Å². The van der Waals surface area contributed by atoms with E-state index in [1.165, 1.54) is 11.8 Å². The predicted octanol–water partition coefficient (Wildman–Crippen LogP) is 2.67. The number of aliphatic hydroxyl groups is 2. The molecule has 1 atom stereocenters. The number of benzene rings is 1. The first-order chi connectivity index (χ1) is 8.81. The van der Waals surface area contributed by atoms with E-state index >= 15 is 0 Å². The lowest BCUT2D eigenvalue weighted by atomic mass is 10.1. The lowest BCUT2D eigenvalue weighted by Gasteiger charge is -2.21. The molecule has 108 valence electrons. The Morgan fingerprint density at radius 3 is 2.58 bits per heavy atom. The fourth-order valence-electron chi connectivity index (χ4n) is 1.37. The topological polar surface area (TPSA) is 52.5 Å². The number of rotatable bonds is 6. The molecule has 5 heteroatoms. The summed E-state index contributed by atoms with van der Waals surface area (Å²) in [4.78, 5) is 0.997. The Morgan fingerprint density at radius 2 is 2.05 bits per heavy atom. The number of halogens is 1. The molecule has 1 rings (SSSR count). The van der Waals surface area contributed by atoms with Crippen molar-refractivity contribution < 1.29 is 10.2 Å². The molecular weight excluding hydrogens is 282 g/mol. The second-order valence-electron chi connectivity index (χ2n) is 5.50. The SMILES string of the molecule is CC(C)(C)NCc1ccc(SCC(O)CO)cc1Cl. The van der Waals surface area contributed by atoms with Gasteiger partial charge in [-0.3, -0.25) is 0 Å². The van der Waals surface area contributed by atoms with Gasteiger partial charge in [-0.25, -0.2) is 0 Å². The normalized spacial score (nSPS) is 13.6.